The highest BCUT2D eigenvalue weighted by Gasteiger charge is 2.41. The minimum atomic E-state index is -0.792. The van der Waals surface area contributed by atoms with Crippen molar-refractivity contribution in [1.82, 2.24) is 0 Å². The second-order valence-electron chi connectivity index (χ2n) is 11.8. The molecule has 5 aromatic carbocycles. The largest absolute Gasteiger partial charge is 0.493 e. The van der Waals surface area contributed by atoms with E-state index in [0.29, 0.717) is 5.75 Å². The Hall–Kier alpha value is -4.70. The normalized spacial score (nSPS) is 18.5. The average Bonchev–Trinajstić information content (AvgIpc) is 3.48. The van der Waals surface area contributed by atoms with E-state index < -0.39 is 5.60 Å². The molecule has 0 bridgehead atoms. The Bertz CT molecular complexity index is 1870. The van der Waals surface area contributed by atoms with E-state index in [-0.39, 0.29) is 0 Å². The smallest absolute Gasteiger partial charge is 0.178 e. The molecule has 3 aliphatic rings. The zero-order valence-corrected chi connectivity index (χ0v) is 24.7. The fraction of sp³-hybridized carbons (Fsp3) is 0.231. The number of benzene rings is 5. The van der Waals surface area contributed by atoms with E-state index in [9.17, 15) is 0 Å². The monoisotopic (exact) mass is 565 g/mol. The standard InChI is InChI=1S/C39H35NO3/c1-41-34-20-19-31-33-25-26-11-7-8-14-30(26)35(33)37-32(36(31)38(34)42-2)21-22-39(43-37,27-12-5-3-6-13-27)28-15-17-29(18-16-28)40-23-9-4-10-24-40/h3,5-8,11-22H,4,9-10,23-25H2,1-2H3. The number of hydrogen-bond acceptors (Lipinski definition) is 4. The molecule has 5 aromatic rings. The third-order valence-corrected chi connectivity index (χ3v) is 9.54. The molecule has 0 spiro atoms. The summed E-state index contributed by atoms with van der Waals surface area (Å²) in [5, 5.41) is 2.20. The maximum absolute atomic E-state index is 7.46. The first-order chi connectivity index (χ1) is 21.2. The lowest BCUT2D eigenvalue weighted by Gasteiger charge is -2.38. The van der Waals surface area contributed by atoms with Crippen LogP contribution in [0.5, 0.6) is 17.2 Å². The van der Waals surface area contributed by atoms with Gasteiger partial charge in [-0.25, -0.2) is 0 Å². The zero-order valence-electron chi connectivity index (χ0n) is 24.7. The van der Waals surface area contributed by atoms with Gasteiger partial charge in [0.2, 0.25) is 0 Å². The third kappa shape index (κ3) is 3.96. The number of ether oxygens (including phenoxy) is 3. The van der Waals surface area contributed by atoms with E-state index in [2.05, 4.69) is 102 Å². The third-order valence-electron chi connectivity index (χ3n) is 9.54. The summed E-state index contributed by atoms with van der Waals surface area (Å²) in [7, 11) is 3.41. The first kappa shape index (κ1) is 26.0. The molecule has 1 atom stereocenters. The second-order valence-corrected chi connectivity index (χ2v) is 11.8. The maximum atomic E-state index is 7.46. The predicted octanol–water partition coefficient (Wildman–Crippen LogP) is 8.77. The molecular formula is C39H35NO3. The molecule has 1 saturated heterocycles. The zero-order chi connectivity index (χ0) is 29.0. The summed E-state index contributed by atoms with van der Waals surface area (Å²) in [5.41, 5.74) is 8.73. The first-order valence-electron chi connectivity index (χ1n) is 15.3. The van der Waals surface area contributed by atoms with Gasteiger partial charge in [0.1, 0.15) is 5.75 Å². The van der Waals surface area contributed by atoms with Crippen molar-refractivity contribution in [3.8, 4) is 28.4 Å². The van der Waals surface area contributed by atoms with Gasteiger partial charge in [-0.2, -0.15) is 0 Å². The predicted molar refractivity (Wildman–Crippen MR) is 175 cm³/mol. The Morgan fingerprint density at radius 1 is 0.744 bits per heavy atom. The van der Waals surface area contributed by atoms with Gasteiger partial charge in [0.05, 0.1) is 14.2 Å². The highest BCUT2D eigenvalue weighted by Crippen LogP contribution is 2.56. The fourth-order valence-electron chi connectivity index (χ4n) is 7.44. The summed E-state index contributed by atoms with van der Waals surface area (Å²) in [5.74, 6) is 2.35. The number of methoxy groups -OCH3 is 2. The van der Waals surface area contributed by atoms with E-state index in [1.807, 2.05) is 6.07 Å². The van der Waals surface area contributed by atoms with Crippen LogP contribution < -0.4 is 19.1 Å². The van der Waals surface area contributed by atoms with E-state index in [1.165, 1.54) is 52.6 Å². The van der Waals surface area contributed by atoms with Gasteiger partial charge in [0, 0.05) is 46.4 Å². The van der Waals surface area contributed by atoms with E-state index in [4.69, 9.17) is 14.2 Å². The van der Waals surface area contributed by atoms with Crippen molar-refractivity contribution in [3.05, 3.63) is 125 Å². The molecule has 4 nitrogen and oxygen atoms in total. The molecule has 4 heteroatoms. The summed E-state index contributed by atoms with van der Waals surface area (Å²) >= 11 is 0. The molecule has 0 amide bonds. The molecule has 2 heterocycles. The molecular weight excluding hydrogens is 530 g/mol. The van der Waals surface area contributed by atoms with Gasteiger partial charge in [-0.15, -0.1) is 0 Å². The van der Waals surface area contributed by atoms with Gasteiger partial charge >= 0.3 is 0 Å². The van der Waals surface area contributed by atoms with Gasteiger partial charge in [0.25, 0.3) is 0 Å². The minimum absolute atomic E-state index is 0.717. The van der Waals surface area contributed by atoms with Gasteiger partial charge in [-0.05, 0) is 78.1 Å². The number of piperidine rings is 1. The second kappa shape index (κ2) is 10.2. The number of anilines is 1. The Labute approximate surface area is 253 Å². The molecule has 8 rings (SSSR count). The maximum Gasteiger partial charge on any atom is 0.178 e. The van der Waals surface area contributed by atoms with Gasteiger partial charge < -0.3 is 19.1 Å². The summed E-state index contributed by atoms with van der Waals surface area (Å²) in [6, 6.07) is 32.6. The van der Waals surface area contributed by atoms with Crippen LogP contribution in [0.2, 0.25) is 0 Å². The molecule has 0 saturated carbocycles. The number of hydrogen-bond donors (Lipinski definition) is 0. The van der Waals surface area contributed by atoms with Crippen molar-refractivity contribution in [2.45, 2.75) is 31.3 Å². The molecule has 0 radical (unpaired) electrons. The molecule has 214 valence electrons. The molecule has 0 aromatic heterocycles. The van der Waals surface area contributed by atoms with Crippen LogP contribution >= 0.6 is 0 Å². The number of rotatable bonds is 5. The van der Waals surface area contributed by atoms with Crippen molar-refractivity contribution < 1.29 is 14.2 Å². The summed E-state index contributed by atoms with van der Waals surface area (Å²) < 4.78 is 19.2. The van der Waals surface area contributed by atoms with Crippen LogP contribution in [0.15, 0.2) is 97.1 Å². The van der Waals surface area contributed by atoms with Crippen LogP contribution in [0.3, 0.4) is 0 Å². The van der Waals surface area contributed by atoms with Crippen LogP contribution in [0, 0.1) is 0 Å². The lowest BCUT2D eigenvalue weighted by Crippen LogP contribution is -2.35. The molecule has 2 aliphatic heterocycles. The van der Waals surface area contributed by atoms with Crippen molar-refractivity contribution in [1.29, 1.82) is 0 Å². The van der Waals surface area contributed by atoms with Gasteiger partial charge in [0.15, 0.2) is 17.1 Å². The van der Waals surface area contributed by atoms with Gasteiger partial charge in [-0.1, -0.05) is 72.8 Å². The summed E-state index contributed by atoms with van der Waals surface area (Å²) in [6.07, 6.45) is 9.16. The van der Waals surface area contributed by atoms with Crippen molar-refractivity contribution in [2.75, 3.05) is 32.2 Å². The van der Waals surface area contributed by atoms with Crippen LogP contribution in [0.4, 0.5) is 5.69 Å². The highest BCUT2D eigenvalue weighted by atomic mass is 16.5. The van der Waals surface area contributed by atoms with Crippen molar-refractivity contribution in [2.24, 2.45) is 0 Å². The molecule has 43 heavy (non-hydrogen) atoms. The topological polar surface area (TPSA) is 30.9 Å². The lowest BCUT2D eigenvalue weighted by molar-refractivity contribution is 0.162. The average molecular weight is 566 g/mol. The molecule has 0 N–H and O–H groups in total. The Morgan fingerprint density at radius 2 is 1.49 bits per heavy atom. The van der Waals surface area contributed by atoms with Crippen LogP contribution in [-0.2, 0) is 12.0 Å². The van der Waals surface area contributed by atoms with Crippen LogP contribution in [0.25, 0.3) is 28.0 Å². The van der Waals surface area contributed by atoms with E-state index in [1.54, 1.807) is 14.2 Å². The fourth-order valence-corrected chi connectivity index (χ4v) is 7.44. The van der Waals surface area contributed by atoms with Gasteiger partial charge in [-0.3, -0.25) is 0 Å². The summed E-state index contributed by atoms with van der Waals surface area (Å²) in [6.45, 7) is 2.24. The number of fused-ring (bicyclic) bond motifs is 8. The van der Waals surface area contributed by atoms with E-state index >= 15 is 0 Å². The quantitative estimate of drug-likeness (QED) is 0.209. The van der Waals surface area contributed by atoms with Crippen molar-refractivity contribution in [3.63, 3.8) is 0 Å². The minimum Gasteiger partial charge on any atom is -0.493 e. The highest BCUT2D eigenvalue weighted by molar-refractivity contribution is 6.08. The van der Waals surface area contributed by atoms with E-state index in [0.717, 1.165) is 53.1 Å². The number of nitrogens with zero attached hydrogens (tertiary/aromatic N) is 1. The summed E-state index contributed by atoms with van der Waals surface area (Å²) in [4.78, 5) is 2.50. The lowest BCUT2D eigenvalue weighted by atomic mass is 9.81. The Morgan fingerprint density at radius 3 is 2.26 bits per heavy atom. The molecule has 1 aliphatic carbocycles. The first-order valence-corrected chi connectivity index (χ1v) is 15.3. The SMILES string of the molecule is COc1ccc2c3c(c4c(c2c1OC)C=CC(c1ccccc1)(c1ccc(N2CCCCC2)cc1)O4)-c1ccccc1C3. The van der Waals surface area contributed by atoms with Crippen LogP contribution in [0.1, 0.15) is 47.1 Å². The Balaban J connectivity index is 1.38. The molecule has 1 unspecified atom stereocenters. The van der Waals surface area contributed by atoms with Crippen molar-refractivity contribution >= 4 is 22.5 Å². The van der Waals surface area contributed by atoms with Crippen LogP contribution in [-0.4, -0.2) is 27.3 Å². The Kier molecular flexibility index (Phi) is 6.18. The molecule has 1 fully saturated rings.